The number of rotatable bonds is 11. The zero-order valence-electron chi connectivity index (χ0n) is 20.7. The molecule has 0 unspecified atom stereocenters. The normalized spacial score (nSPS) is 13.6. The van der Waals surface area contributed by atoms with Gasteiger partial charge in [0.15, 0.2) is 17.1 Å². The Morgan fingerprint density at radius 3 is 2.40 bits per heavy atom. The Morgan fingerprint density at radius 2 is 1.88 bits per heavy atom. The molecule has 0 saturated heterocycles. The Balaban J connectivity index is 2.08. The Labute approximate surface area is 226 Å². The van der Waals surface area contributed by atoms with Crippen molar-refractivity contribution in [1.82, 2.24) is 19.8 Å². The number of nitrogens with one attached hydrogen (secondary N) is 1. The molecule has 10 nitrogen and oxygen atoms in total. The molecule has 0 aliphatic carbocycles. The lowest BCUT2D eigenvalue weighted by Crippen LogP contribution is -2.45. The number of halogens is 6. The number of sulfonamides is 1. The van der Waals surface area contributed by atoms with Crippen molar-refractivity contribution in [2.24, 2.45) is 5.41 Å². The number of carbonyl (C=O) groups excluding carboxylic acids is 1. The number of carbonyl (C=O) groups is 2. The summed E-state index contributed by atoms with van der Waals surface area (Å²) in [4.78, 5) is 29.1. The third-order valence-electron chi connectivity index (χ3n) is 5.59. The smallest absolute Gasteiger partial charge is 0.404 e. The van der Waals surface area contributed by atoms with Gasteiger partial charge in [0.1, 0.15) is 16.6 Å². The fourth-order valence-electron chi connectivity index (χ4n) is 3.39. The van der Waals surface area contributed by atoms with E-state index in [2.05, 4.69) is 15.1 Å². The monoisotopic (exact) mass is 614 g/mol. The molecule has 0 aliphatic rings. The Hall–Kier alpha value is -3.38. The van der Waals surface area contributed by atoms with Crippen LogP contribution in [0.1, 0.15) is 55.6 Å². The first-order chi connectivity index (χ1) is 18.4. The zero-order valence-corrected chi connectivity index (χ0v) is 22.3. The van der Waals surface area contributed by atoms with E-state index in [0.717, 1.165) is 13.0 Å². The molecule has 40 heavy (non-hydrogen) atoms. The van der Waals surface area contributed by atoms with Crippen LogP contribution in [0.5, 0.6) is 0 Å². The second-order valence-corrected chi connectivity index (χ2v) is 11.7. The first-order valence-electron chi connectivity index (χ1n) is 11.1. The predicted octanol–water partition coefficient (Wildman–Crippen LogP) is 5.02. The van der Waals surface area contributed by atoms with Crippen LogP contribution in [0.15, 0.2) is 21.6 Å². The summed E-state index contributed by atoms with van der Waals surface area (Å²) in [5, 5.41) is 12.7. The summed E-state index contributed by atoms with van der Waals surface area (Å²) in [5.41, 5.74) is -3.89. The highest BCUT2D eigenvalue weighted by Crippen LogP contribution is 2.41. The molecule has 0 fully saturated rings. The highest BCUT2D eigenvalue weighted by molar-refractivity contribution is 7.89. The van der Waals surface area contributed by atoms with Gasteiger partial charge in [-0.05, 0) is 26.3 Å². The van der Waals surface area contributed by atoms with E-state index in [-0.39, 0.29) is 34.3 Å². The number of thiazole rings is 1. The summed E-state index contributed by atoms with van der Waals surface area (Å²) in [6, 6.07) is -1.39. The van der Waals surface area contributed by atoms with E-state index < -0.39 is 74.0 Å². The van der Waals surface area contributed by atoms with Crippen molar-refractivity contribution in [3.63, 3.8) is 0 Å². The van der Waals surface area contributed by atoms with Crippen molar-refractivity contribution >= 4 is 33.6 Å². The van der Waals surface area contributed by atoms with Gasteiger partial charge in [-0.3, -0.25) is 9.59 Å². The molecule has 1 atom stereocenters. The maximum atomic E-state index is 15.2. The Kier molecular flexibility index (Phi) is 8.76. The van der Waals surface area contributed by atoms with Gasteiger partial charge in [0.25, 0.3) is 6.43 Å². The number of aliphatic carboxylic acids is 1. The van der Waals surface area contributed by atoms with Crippen LogP contribution >= 0.6 is 11.3 Å². The molecule has 3 aromatic rings. The summed E-state index contributed by atoms with van der Waals surface area (Å²) >= 11 is 0.542. The number of hydrogen-bond donors (Lipinski definition) is 2. The Bertz CT molecular complexity index is 1530. The van der Waals surface area contributed by atoms with Crippen LogP contribution in [-0.2, 0) is 21.2 Å². The van der Waals surface area contributed by atoms with Crippen LogP contribution in [-0.4, -0.2) is 53.1 Å². The van der Waals surface area contributed by atoms with Gasteiger partial charge in [-0.2, -0.15) is 22.9 Å². The lowest BCUT2D eigenvalue weighted by molar-refractivity contribution is -0.151. The number of nitrogens with zero attached hydrogens (tertiary/aromatic N) is 3. The number of aromatic nitrogens is 3. The van der Waals surface area contributed by atoms with Crippen LogP contribution in [0.25, 0.3) is 21.3 Å². The van der Waals surface area contributed by atoms with Crippen molar-refractivity contribution in [2.45, 2.75) is 57.2 Å². The van der Waals surface area contributed by atoms with Gasteiger partial charge in [0.05, 0.1) is 15.9 Å². The minimum absolute atomic E-state index is 0.114. The van der Waals surface area contributed by atoms with E-state index in [4.69, 9.17) is 4.52 Å². The van der Waals surface area contributed by atoms with Crippen molar-refractivity contribution < 1.29 is 54.0 Å². The molecular formula is C22H20F6N4O6S2. The minimum atomic E-state index is -5.25. The van der Waals surface area contributed by atoms with E-state index in [1.807, 2.05) is 0 Å². The van der Waals surface area contributed by atoms with Crippen LogP contribution in [0.4, 0.5) is 26.3 Å². The van der Waals surface area contributed by atoms with Crippen molar-refractivity contribution in [1.29, 1.82) is 0 Å². The number of aldehydes is 1. The maximum Gasteiger partial charge on any atom is 0.404 e. The summed E-state index contributed by atoms with van der Waals surface area (Å²) in [6.07, 6.45) is -9.47. The van der Waals surface area contributed by atoms with Gasteiger partial charge in [0.2, 0.25) is 21.7 Å². The van der Waals surface area contributed by atoms with Crippen molar-refractivity contribution in [3.8, 4) is 21.3 Å². The second-order valence-electron chi connectivity index (χ2n) is 8.99. The van der Waals surface area contributed by atoms with E-state index in [1.165, 1.54) is 18.6 Å². The largest absolute Gasteiger partial charge is 0.481 e. The number of benzene rings is 1. The fraction of sp³-hybridized carbons (Fsp3) is 0.409. The van der Waals surface area contributed by atoms with Crippen LogP contribution in [0.3, 0.4) is 0 Å². The summed E-state index contributed by atoms with van der Waals surface area (Å²) in [5.74, 6) is -3.52. The van der Waals surface area contributed by atoms with Crippen molar-refractivity contribution in [3.05, 3.63) is 35.1 Å². The third kappa shape index (κ3) is 6.33. The fourth-order valence-corrected chi connectivity index (χ4v) is 5.78. The topological polar surface area (TPSA) is 152 Å². The van der Waals surface area contributed by atoms with Crippen LogP contribution < -0.4 is 4.72 Å². The molecule has 0 spiro atoms. The summed E-state index contributed by atoms with van der Waals surface area (Å²) < 4.78 is 114. The molecular weight excluding hydrogens is 594 g/mol. The highest BCUT2D eigenvalue weighted by Gasteiger charge is 2.42. The SMILES string of the molecule is CC[C@H](NS(=O)(=O)c1ccc(-c2sc(-c3noc(CC(C)(C)C(=O)O)n3)nc2C=O)c(C(F)F)c1F)C(F)(F)F. The highest BCUT2D eigenvalue weighted by atomic mass is 32.2. The third-order valence-corrected chi connectivity index (χ3v) is 8.18. The van der Waals surface area contributed by atoms with Gasteiger partial charge >= 0.3 is 12.1 Å². The first-order valence-corrected chi connectivity index (χ1v) is 13.4. The molecule has 2 aromatic heterocycles. The van der Waals surface area contributed by atoms with E-state index in [0.29, 0.717) is 17.4 Å². The molecule has 3 rings (SSSR count). The summed E-state index contributed by atoms with van der Waals surface area (Å²) in [7, 11) is -5.25. The molecule has 218 valence electrons. The molecule has 0 bridgehead atoms. The lowest BCUT2D eigenvalue weighted by Gasteiger charge is -2.21. The predicted molar refractivity (Wildman–Crippen MR) is 127 cm³/mol. The van der Waals surface area contributed by atoms with Crippen LogP contribution in [0.2, 0.25) is 0 Å². The number of hydrogen-bond acceptors (Lipinski definition) is 9. The molecule has 0 radical (unpaired) electrons. The Morgan fingerprint density at radius 1 is 1.23 bits per heavy atom. The van der Waals surface area contributed by atoms with E-state index in [1.54, 1.807) is 0 Å². The molecule has 0 amide bonds. The van der Waals surface area contributed by atoms with Gasteiger partial charge in [-0.1, -0.05) is 18.1 Å². The number of carboxylic acids is 1. The number of carboxylic acid groups (broad SMARTS) is 1. The molecule has 18 heteroatoms. The molecule has 1 aromatic carbocycles. The second kappa shape index (κ2) is 11.2. The average Bonchev–Trinajstić information content (AvgIpc) is 3.47. The first kappa shape index (κ1) is 31.2. The number of alkyl halides is 5. The van der Waals surface area contributed by atoms with Gasteiger partial charge in [-0.25, -0.2) is 26.6 Å². The van der Waals surface area contributed by atoms with E-state index >= 15 is 4.39 Å². The summed E-state index contributed by atoms with van der Waals surface area (Å²) in [6.45, 7) is 3.82. The minimum Gasteiger partial charge on any atom is -0.481 e. The van der Waals surface area contributed by atoms with Gasteiger partial charge in [0, 0.05) is 12.0 Å². The van der Waals surface area contributed by atoms with Gasteiger partial charge < -0.3 is 9.63 Å². The van der Waals surface area contributed by atoms with Crippen molar-refractivity contribution in [2.75, 3.05) is 0 Å². The molecule has 0 aliphatic heterocycles. The van der Waals surface area contributed by atoms with Crippen LogP contribution in [0, 0.1) is 11.2 Å². The standard InChI is InChI=1S/C22H20F6N4O6S2/c1-4-12(22(26,27)28)32-40(36,37)11-6-5-9(14(15(11)23)17(24)25)16-10(8-33)29-19(39-16)18-30-13(38-31-18)7-21(2,3)20(34)35/h5-6,8,12,17,32H,4,7H2,1-3H3,(H,34,35)/t12-/m0/s1. The average molecular weight is 615 g/mol. The molecule has 0 saturated carbocycles. The maximum absolute atomic E-state index is 15.2. The molecule has 2 N–H and O–H groups in total. The van der Waals surface area contributed by atoms with E-state index in [9.17, 15) is 45.1 Å². The lowest BCUT2D eigenvalue weighted by atomic mass is 9.90. The quantitative estimate of drug-likeness (QED) is 0.224. The molecule has 2 heterocycles. The van der Waals surface area contributed by atoms with Gasteiger partial charge in [-0.15, -0.1) is 11.3 Å². The zero-order chi connectivity index (χ0) is 30.2.